The number of rotatable bonds is 20. The Bertz CT molecular complexity index is 1650. The molecule has 0 bridgehead atoms. The van der Waals surface area contributed by atoms with E-state index in [2.05, 4.69) is 41.5 Å². The van der Waals surface area contributed by atoms with Crippen LogP contribution in [-0.2, 0) is 43.3 Å². The van der Waals surface area contributed by atoms with E-state index < -0.39 is 59.6 Å². The van der Waals surface area contributed by atoms with Crippen molar-refractivity contribution in [3.63, 3.8) is 0 Å². The largest absolute Gasteiger partial charge is 0.444 e. The van der Waals surface area contributed by atoms with E-state index in [1.54, 1.807) is 45.3 Å². The second kappa shape index (κ2) is 21.5. The van der Waals surface area contributed by atoms with Gasteiger partial charge in [-0.2, -0.15) is 0 Å². The maximum absolute atomic E-state index is 14.1. The minimum Gasteiger partial charge on any atom is -0.444 e. The van der Waals surface area contributed by atoms with Crippen LogP contribution < -0.4 is 32.3 Å². The zero-order chi connectivity index (χ0) is 40.5. The Hall–Kier alpha value is -5.31. The van der Waals surface area contributed by atoms with Crippen molar-refractivity contribution in [2.45, 2.75) is 123 Å². The summed E-state index contributed by atoms with van der Waals surface area (Å²) in [7, 11) is 0. The van der Waals surface area contributed by atoms with E-state index in [0.717, 1.165) is 5.56 Å². The van der Waals surface area contributed by atoms with Crippen molar-refractivity contribution in [2.75, 3.05) is 0 Å². The number of H-pyrrole nitrogens is 1. The number of pyridine rings is 1. The van der Waals surface area contributed by atoms with Gasteiger partial charge in [0.1, 0.15) is 23.7 Å². The molecule has 55 heavy (non-hydrogen) atoms. The van der Waals surface area contributed by atoms with Gasteiger partial charge in [0.25, 0.3) is 0 Å². The molecule has 0 aliphatic carbocycles. The van der Waals surface area contributed by atoms with Gasteiger partial charge in [-0.3, -0.25) is 24.2 Å². The van der Waals surface area contributed by atoms with E-state index in [1.165, 1.54) is 6.33 Å². The summed E-state index contributed by atoms with van der Waals surface area (Å²) in [5.74, 6) is -2.00. The van der Waals surface area contributed by atoms with Crippen LogP contribution in [0.5, 0.6) is 0 Å². The number of carbonyl (C=O) groups is 5. The molecule has 6 atom stereocenters. The van der Waals surface area contributed by atoms with Gasteiger partial charge in [0, 0.05) is 49.4 Å². The molecule has 0 spiro atoms. The van der Waals surface area contributed by atoms with E-state index >= 15 is 0 Å². The van der Waals surface area contributed by atoms with Crippen LogP contribution in [0.15, 0.2) is 67.3 Å². The van der Waals surface area contributed by atoms with Crippen LogP contribution in [0.25, 0.3) is 0 Å². The van der Waals surface area contributed by atoms with Crippen LogP contribution in [0.3, 0.4) is 0 Å². The first kappa shape index (κ1) is 44.1. The minimum atomic E-state index is -1.11. The molecule has 0 aliphatic rings. The Labute approximate surface area is 324 Å². The summed E-state index contributed by atoms with van der Waals surface area (Å²) in [6.07, 6.45) is 4.98. The molecule has 15 heteroatoms. The number of hydrogen-bond acceptors (Lipinski definition) is 9. The highest BCUT2D eigenvalue weighted by atomic mass is 16.6. The Morgan fingerprint density at radius 1 is 0.855 bits per heavy atom. The van der Waals surface area contributed by atoms with Crippen LogP contribution in [0, 0.1) is 11.8 Å². The second-order valence-electron chi connectivity index (χ2n) is 15.3. The van der Waals surface area contributed by atoms with Gasteiger partial charge in [-0.1, -0.05) is 70.5 Å². The first-order valence-electron chi connectivity index (χ1n) is 18.9. The van der Waals surface area contributed by atoms with E-state index in [4.69, 9.17) is 10.5 Å². The Kier molecular flexibility index (Phi) is 17.3. The number of nitrogens with zero attached hydrogens (tertiary/aromatic N) is 2. The average molecular weight is 762 g/mol. The average Bonchev–Trinajstić information content (AvgIpc) is 3.64. The number of nitrogens with two attached hydrogens (primary N) is 1. The lowest BCUT2D eigenvalue weighted by Gasteiger charge is -2.30. The van der Waals surface area contributed by atoms with E-state index in [9.17, 15) is 24.0 Å². The Balaban J connectivity index is 1.77. The molecular weight excluding hydrogens is 702 g/mol. The number of nitrogens with one attached hydrogen (secondary N) is 6. The van der Waals surface area contributed by atoms with Crippen molar-refractivity contribution in [2.24, 2.45) is 17.6 Å². The molecule has 2 heterocycles. The number of amides is 5. The molecule has 5 amide bonds. The van der Waals surface area contributed by atoms with Gasteiger partial charge in [0.05, 0.1) is 18.6 Å². The predicted octanol–water partition coefficient (Wildman–Crippen LogP) is 3.06. The van der Waals surface area contributed by atoms with Crippen LogP contribution >= 0.6 is 0 Å². The number of aromatic nitrogens is 3. The second-order valence-corrected chi connectivity index (χ2v) is 15.3. The Morgan fingerprint density at radius 3 is 2.13 bits per heavy atom. The SMILES string of the molecule is CC[C@H](C)[C@H](NC(=O)C[C@@H](N)[C@H](CC(C)C)NC(=O)[C@H](Cc1cnc[nH]1)NC(=O)[C@H](Cc1ccccc1)NC(=O)OC(C)(C)C)C(=O)NCc1ccccn1. The molecule has 0 saturated carbocycles. The molecule has 3 rings (SSSR count). The third-order valence-electron chi connectivity index (χ3n) is 8.87. The maximum atomic E-state index is 14.1. The van der Waals surface area contributed by atoms with Crippen LogP contribution in [0.4, 0.5) is 4.79 Å². The van der Waals surface area contributed by atoms with E-state index in [0.29, 0.717) is 24.2 Å². The standard InChI is InChI=1S/C40H59N9O6/c1-8-26(4)35(38(53)44-23-28-16-12-13-17-43-28)49-34(50)21-30(41)31(18-25(2)3)46-37(52)33(20-29-22-42-24-45-29)47-36(51)32(19-27-14-10-9-11-15-27)48-39(54)55-40(5,6)7/h9-17,22,24-26,30-33,35H,8,18-21,23,41H2,1-7H3,(H,42,45)(H,44,53)(H,46,52)(H,47,51)(H,48,54)(H,49,50)/t26-,30+,31-,32-,33-,35-/m0/s1. The van der Waals surface area contributed by atoms with Gasteiger partial charge in [-0.05, 0) is 56.7 Å². The molecule has 3 aromatic rings. The lowest BCUT2D eigenvalue weighted by atomic mass is 9.94. The summed E-state index contributed by atoms with van der Waals surface area (Å²) in [6.45, 7) is 13.1. The molecule has 1 aromatic carbocycles. The van der Waals surface area contributed by atoms with Crippen molar-refractivity contribution in [3.8, 4) is 0 Å². The molecule has 0 unspecified atom stereocenters. The van der Waals surface area contributed by atoms with Crippen molar-refractivity contribution >= 4 is 29.7 Å². The molecule has 300 valence electrons. The minimum absolute atomic E-state index is 0.0520. The Morgan fingerprint density at radius 2 is 1.53 bits per heavy atom. The smallest absolute Gasteiger partial charge is 0.408 e. The topological polar surface area (TPSA) is 222 Å². The zero-order valence-electron chi connectivity index (χ0n) is 33.1. The number of aromatic amines is 1. The molecule has 0 fully saturated rings. The van der Waals surface area contributed by atoms with Gasteiger partial charge >= 0.3 is 6.09 Å². The number of ether oxygens (including phenoxy) is 1. The van der Waals surface area contributed by atoms with Crippen molar-refractivity contribution in [1.82, 2.24) is 41.5 Å². The fraction of sp³-hybridized carbons (Fsp3) is 0.525. The van der Waals surface area contributed by atoms with E-state index in [1.807, 2.05) is 64.1 Å². The van der Waals surface area contributed by atoms with Gasteiger partial charge in [0.2, 0.25) is 23.6 Å². The third kappa shape index (κ3) is 15.9. The van der Waals surface area contributed by atoms with Crippen LogP contribution in [0.1, 0.15) is 84.7 Å². The molecule has 8 N–H and O–H groups in total. The summed E-state index contributed by atoms with van der Waals surface area (Å²) < 4.78 is 5.43. The first-order valence-corrected chi connectivity index (χ1v) is 18.9. The van der Waals surface area contributed by atoms with Gasteiger partial charge < -0.3 is 42.0 Å². The summed E-state index contributed by atoms with van der Waals surface area (Å²) in [6, 6.07) is 10.1. The van der Waals surface area contributed by atoms with Gasteiger partial charge in [0.15, 0.2) is 0 Å². The fourth-order valence-corrected chi connectivity index (χ4v) is 5.82. The summed E-state index contributed by atoms with van der Waals surface area (Å²) in [5, 5.41) is 14.2. The van der Waals surface area contributed by atoms with Crippen molar-refractivity contribution in [3.05, 3.63) is 84.2 Å². The normalized spacial score (nSPS) is 14.7. The predicted molar refractivity (Wildman–Crippen MR) is 209 cm³/mol. The highest BCUT2D eigenvalue weighted by Crippen LogP contribution is 2.14. The summed E-state index contributed by atoms with van der Waals surface area (Å²) in [5.41, 5.74) is 7.90. The summed E-state index contributed by atoms with van der Waals surface area (Å²) >= 11 is 0. The number of carbonyl (C=O) groups excluding carboxylic acids is 5. The zero-order valence-corrected chi connectivity index (χ0v) is 33.1. The maximum Gasteiger partial charge on any atom is 0.408 e. The van der Waals surface area contributed by atoms with E-state index in [-0.39, 0.29) is 43.6 Å². The number of hydrogen-bond donors (Lipinski definition) is 7. The first-order chi connectivity index (χ1) is 26.0. The molecule has 0 aliphatic heterocycles. The quantitative estimate of drug-likeness (QED) is 0.0898. The number of benzene rings is 1. The number of alkyl carbamates (subject to hydrolysis) is 1. The molecular formula is C40H59N9O6. The molecule has 0 radical (unpaired) electrons. The lowest BCUT2D eigenvalue weighted by Crippen LogP contribution is -2.59. The highest BCUT2D eigenvalue weighted by Gasteiger charge is 2.33. The monoisotopic (exact) mass is 761 g/mol. The van der Waals surface area contributed by atoms with Crippen LogP contribution in [0.2, 0.25) is 0 Å². The van der Waals surface area contributed by atoms with Gasteiger partial charge in [-0.15, -0.1) is 0 Å². The molecule has 2 aromatic heterocycles. The van der Waals surface area contributed by atoms with Gasteiger partial charge in [-0.25, -0.2) is 9.78 Å². The number of imidazole rings is 1. The lowest BCUT2D eigenvalue weighted by molar-refractivity contribution is -0.131. The van der Waals surface area contributed by atoms with Crippen molar-refractivity contribution in [1.29, 1.82) is 0 Å². The van der Waals surface area contributed by atoms with Crippen LogP contribution in [-0.4, -0.2) is 80.5 Å². The van der Waals surface area contributed by atoms with Crippen molar-refractivity contribution < 1.29 is 28.7 Å². The third-order valence-corrected chi connectivity index (χ3v) is 8.87. The molecule has 15 nitrogen and oxygen atoms in total. The fourth-order valence-electron chi connectivity index (χ4n) is 5.82. The summed E-state index contributed by atoms with van der Waals surface area (Å²) in [4.78, 5) is 78.7. The molecule has 0 saturated heterocycles. The highest BCUT2D eigenvalue weighted by molar-refractivity contribution is 5.92.